The molecule has 1 aromatic carbocycles. The molecule has 1 aromatic heterocycles. The van der Waals surface area contributed by atoms with Crippen molar-refractivity contribution in [2.45, 2.75) is 57.0 Å². The van der Waals surface area contributed by atoms with Crippen molar-refractivity contribution >= 4 is 38.9 Å². The highest BCUT2D eigenvalue weighted by Crippen LogP contribution is 2.31. The smallest absolute Gasteiger partial charge is 0.227 e. The quantitative estimate of drug-likeness (QED) is 0.736. The van der Waals surface area contributed by atoms with Gasteiger partial charge in [0.15, 0.2) is 0 Å². The number of hydrogen-bond acceptors (Lipinski definition) is 3. The summed E-state index contributed by atoms with van der Waals surface area (Å²) in [4.78, 5) is 17.8. The first-order chi connectivity index (χ1) is 12.6. The van der Waals surface area contributed by atoms with Gasteiger partial charge in [-0.3, -0.25) is 9.69 Å². The topological polar surface area (TPSA) is 23.6 Å². The maximum Gasteiger partial charge on any atom is 0.227 e. The summed E-state index contributed by atoms with van der Waals surface area (Å²) in [7, 11) is 2.02. The first kappa shape index (κ1) is 18.3. The van der Waals surface area contributed by atoms with Gasteiger partial charge in [0.1, 0.15) is 0 Å². The molecule has 3 nitrogen and oxygen atoms in total. The Hall–Kier alpha value is -1.10. The Morgan fingerprint density at radius 2 is 2.00 bits per heavy atom. The number of carbonyl (C=O) groups is 1. The van der Waals surface area contributed by atoms with Crippen LogP contribution in [0.2, 0.25) is 5.02 Å². The number of carbonyl (C=O) groups excluding carboxylic acids is 1. The minimum atomic E-state index is 0.237. The molecule has 0 N–H and O–H groups in total. The first-order valence-corrected chi connectivity index (χ1v) is 11.0. The molecule has 1 aliphatic carbocycles. The molecule has 4 rings (SSSR count). The molecule has 26 heavy (non-hydrogen) atoms. The van der Waals surface area contributed by atoms with Crippen LogP contribution in [0.4, 0.5) is 0 Å². The second kappa shape index (κ2) is 7.87. The highest BCUT2D eigenvalue weighted by molar-refractivity contribution is 7.17. The van der Waals surface area contributed by atoms with Gasteiger partial charge in [-0.1, -0.05) is 24.4 Å². The molecular weight excluding hydrogens is 364 g/mol. The lowest BCUT2D eigenvalue weighted by molar-refractivity contribution is -0.133. The van der Waals surface area contributed by atoms with Gasteiger partial charge in [-0.2, -0.15) is 0 Å². The fourth-order valence-electron chi connectivity index (χ4n) is 4.71. The fourth-order valence-corrected chi connectivity index (χ4v) is 5.82. The highest BCUT2D eigenvalue weighted by Gasteiger charge is 2.35. The predicted octanol–water partition coefficient (Wildman–Crippen LogP) is 4.96. The van der Waals surface area contributed by atoms with E-state index < -0.39 is 0 Å². The summed E-state index contributed by atoms with van der Waals surface area (Å²) in [5, 5.41) is 3.98. The highest BCUT2D eigenvalue weighted by atomic mass is 35.5. The third-order valence-electron chi connectivity index (χ3n) is 6.15. The van der Waals surface area contributed by atoms with Crippen LogP contribution >= 0.6 is 22.9 Å². The van der Waals surface area contributed by atoms with Crippen LogP contribution in [0.15, 0.2) is 23.6 Å². The lowest BCUT2D eigenvalue weighted by Gasteiger charge is -2.42. The van der Waals surface area contributed by atoms with Crippen LogP contribution in [0.1, 0.15) is 44.1 Å². The maximum absolute atomic E-state index is 13.1. The average Bonchev–Trinajstić information content (AvgIpc) is 3.31. The van der Waals surface area contributed by atoms with Crippen molar-refractivity contribution < 1.29 is 4.79 Å². The van der Waals surface area contributed by atoms with E-state index in [4.69, 9.17) is 11.6 Å². The zero-order valence-electron chi connectivity index (χ0n) is 15.4. The second-order valence-electron chi connectivity index (χ2n) is 7.75. The summed E-state index contributed by atoms with van der Waals surface area (Å²) in [6.07, 6.45) is 8.00. The number of fused-ring (bicyclic) bond motifs is 1. The molecule has 5 heteroatoms. The van der Waals surface area contributed by atoms with E-state index in [1.807, 2.05) is 25.2 Å². The lowest BCUT2D eigenvalue weighted by Crippen LogP contribution is -2.53. The third kappa shape index (κ3) is 3.64. The summed E-state index contributed by atoms with van der Waals surface area (Å²) >= 11 is 7.86. The van der Waals surface area contributed by atoms with Crippen molar-refractivity contribution in [2.75, 3.05) is 20.1 Å². The minimum absolute atomic E-state index is 0.237. The monoisotopic (exact) mass is 390 g/mol. The van der Waals surface area contributed by atoms with E-state index in [0.29, 0.717) is 18.5 Å². The summed E-state index contributed by atoms with van der Waals surface area (Å²) < 4.78 is 1.20. The van der Waals surface area contributed by atoms with E-state index in [-0.39, 0.29) is 5.91 Å². The Kier molecular flexibility index (Phi) is 5.53. The van der Waals surface area contributed by atoms with E-state index in [1.165, 1.54) is 49.9 Å². The van der Waals surface area contributed by atoms with E-state index in [1.54, 1.807) is 11.3 Å². The molecule has 1 aliphatic heterocycles. The van der Waals surface area contributed by atoms with Crippen molar-refractivity contribution in [3.05, 3.63) is 34.2 Å². The minimum Gasteiger partial charge on any atom is -0.341 e. The van der Waals surface area contributed by atoms with Crippen molar-refractivity contribution in [1.29, 1.82) is 0 Å². The fraction of sp³-hybridized carbons (Fsp3) is 0.571. The number of nitrogens with zero attached hydrogens (tertiary/aromatic N) is 2. The van der Waals surface area contributed by atoms with Gasteiger partial charge in [-0.15, -0.1) is 11.3 Å². The van der Waals surface area contributed by atoms with Gasteiger partial charge in [0.2, 0.25) is 5.91 Å². The van der Waals surface area contributed by atoms with Crippen LogP contribution in [0.3, 0.4) is 0 Å². The molecule has 0 bridgehead atoms. The number of likely N-dealkylation sites (N-methyl/N-ethyl adjacent to an activating group) is 1. The van der Waals surface area contributed by atoms with Gasteiger partial charge < -0.3 is 4.90 Å². The van der Waals surface area contributed by atoms with Crippen molar-refractivity contribution in [2.24, 2.45) is 0 Å². The van der Waals surface area contributed by atoms with Gasteiger partial charge in [-0.25, -0.2) is 0 Å². The molecule has 2 fully saturated rings. The standard InChI is InChI=1S/C21H27ClN2OS/c1-23(18-6-2-3-7-19(18)24-10-4-5-11-24)21(25)12-15-14-26-20-9-8-16(22)13-17(15)20/h8-9,13-14,18-19H,2-7,10-12H2,1H3/t18-,19-/m1/s1. The second-order valence-corrected chi connectivity index (χ2v) is 9.09. The van der Waals surface area contributed by atoms with Gasteiger partial charge in [0.05, 0.1) is 6.42 Å². The number of amides is 1. The predicted molar refractivity (Wildman–Crippen MR) is 110 cm³/mol. The Balaban J connectivity index is 1.50. The maximum atomic E-state index is 13.1. The molecule has 2 aromatic rings. The zero-order valence-corrected chi connectivity index (χ0v) is 17.0. The average molecular weight is 391 g/mol. The molecule has 1 saturated carbocycles. The van der Waals surface area contributed by atoms with Gasteiger partial charge in [0, 0.05) is 28.9 Å². The summed E-state index contributed by atoms with van der Waals surface area (Å²) in [6, 6.07) is 6.87. The number of thiophene rings is 1. The van der Waals surface area contributed by atoms with Crippen LogP contribution in [0.5, 0.6) is 0 Å². The van der Waals surface area contributed by atoms with Gasteiger partial charge >= 0.3 is 0 Å². The van der Waals surface area contributed by atoms with E-state index >= 15 is 0 Å². The Morgan fingerprint density at radius 3 is 2.81 bits per heavy atom. The van der Waals surface area contributed by atoms with Crippen LogP contribution < -0.4 is 0 Å². The van der Waals surface area contributed by atoms with Crippen LogP contribution in [0.25, 0.3) is 10.1 Å². The first-order valence-electron chi connectivity index (χ1n) is 9.79. The van der Waals surface area contributed by atoms with Crippen molar-refractivity contribution in [1.82, 2.24) is 9.80 Å². The molecule has 2 heterocycles. The molecule has 0 radical (unpaired) electrons. The molecule has 0 unspecified atom stereocenters. The van der Waals surface area contributed by atoms with E-state index in [2.05, 4.69) is 15.2 Å². The van der Waals surface area contributed by atoms with Crippen LogP contribution in [-0.4, -0.2) is 47.9 Å². The molecule has 1 amide bonds. The number of likely N-dealkylation sites (tertiary alicyclic amines) is 1. The number of hydrogen-bond donors (Lipinski definition) is 0. The van der Waals surface area contributed by atoms with E-state index in [9.17, 15) is 4.79 Å². The van der Waals surface area contributed by atoms with Gasteiger partial charge in [0.25, 0.3) is 0 Å². The molecule has 0 spiro atoms. The van der Waals surface area contributed by atoms with Crippen LogP contribution in [-0.2, 0) is 11.2 Å². The van der Waals surface area contributed by atoms with Crippen molar-refractivity contribution in [3.8, 4) is 0 Å². The normalized spacial score (nSPS) is 24.2. The number of benzene rings is 1. The summed E-state index contributed by atoms with van der Waals surface area (Å²) in [6.45, 7) is 2.41. The molecule has 2 aliphatic rings. The van der Waals surface area contributed by atoms with Crippen molar-refractivity contribution in [3.63, 3.8) is 0 Å². The molecular formula is C21H27ClN2OS. The number of halogens is 1. The molecule has 140 valence electrons. The Labute approximate surface area is 164 Å². The van der Waals surface area contributed by atoms with Crippen LogP contribution in [0, 0.1) is 0 Å². The SMILES string of the molecule is CN(C(=O)Cc1csc2ccc(Cl)cc12)[C@@H]1CCCC[C@H]1N1CCCC1. The third-order valence-corrected chi connectivity index (χ3v) is 7.40. The summed E-state index contributed by atoms with van der Waals surface area (Å²) in [5.41, 5.74) is 1.11. The summed E-state index contributed by atoms with van der Waals surface area (Å²) in [5.74, 6) is 0.237. The number of rotatable bonds is 4. The molecule has 1 saturated heterocycles. The largest absolute Gasteiger partial charge is 0.341 e. The van der Waals surface area contributed by atoms with E-state index in [0.717, 1.165) is 22.4 Å². The van der Waals surface area contributed by atoms with Gasteiger partial charge in [-0.05, 0) is 73.3 Å². The Morgan fingerprint density at radius 1 is 1.23 bits per heavy atom. The Bertz CT molecular complexity index is 783. The zero-order chi connectivity index (χ0) is 18.1. The lowest BCUT2D eigenvalue weighted by atomic mass is 9.88. The molecule has 2 atom stereocenters.